The molecule has 1 aliphatic heterocycles. The van der Waals surface area contributed by atoms with Gasteiger partial charge in [-0.05, 0) is 29.7 Å². The molecule has 0 bridgehead atoms. The number of hydrogen-bond acceptors (Lipinski definition) is 3. The molecule has 0 saturated carbocycles. The molecule has 3 nitrogen and oxygen atoms in total. The normalized spacial score (nSPS) is 18.5. The van der Waals surface area contributed by atoms with Gasteiger partial charge < -0.3 is 4.90 Å². The molecule has 1 fully saturated rings. The van der Waals surface area contributed by atoms with Crippen molar-refractivity contribution in [2.24, 2.45) is 0 Å². The van der Waals surface area contributed by atoms with Crippen LogP contribution in [0.4, 0.5) is 5.69 Å². The molecule has 0 N–H and O–H groups in total. The van der Waals surface area contributed by atoms with Crippen LogP contribution in [0.2, 0.25) is 0 Å². The first-order valence-corrected chi connectivity index (χ1v) is 11.1. The van der Waals surface area contributed by atoms with Gasteiger partial charge in [-0.1, -0.05) is 78.9 Å². The van der Waals surface area contributed by atoms with E-state index < -0.39 is 9.84 Å². The largest absolute Gasteiger partial charge is 0.356 e. The molecule has 1 atom stereocenters. The van der Waals surface area contributed by atoms with Gasteiger partial charge in [-0.3, -0.25) is 0 Å². The van der Waals surface area contributed by atoms with Crippen LogP contribution in [0.3, 0.4) is 0 Å². The molecular formula is C23H23NO2S. The Morgan fingerprint density at radius 3 is 1.67 bits per heavy atom. The summed E-state index contributed by atoms with van der Waals surface area (Å²) in [6.45, 7) is 0. The molecular weight excluding hydrogens is 354 g/mol. The minimum atomic E-state index is -2.99. The molecule has 0 unspecified atom stereocenters. The lowest BCUT2D eigenvalue weighted by molar-refractivity contribution is 0.584. The molecule has 27 heavy (non-hydrogen) atoms. The van der Waals surface area contributed by atoms with E-state index in [0.717, 1.165) is 16.8 Å². The predicted octanol–water partition coefficient (Wildman–Crippen LogP) is 4.47. The Bertz CT molecular complexity index is 933. The summed E-state index contributed by atoms with van der Waals surface area (Å²) in [4.78, 5) is 2.30. The highest BCUT2D eigenvalue weighted by Gasteiger charge is 2.36. The molecule has 0 spiro atoms. The zero-order valence-electron chi connectivity index (χ0n) is 15.1. The maximum atomic E-state index is 12.2. The van der Waals surface area contributed by atoms with Gasteiger partial charge in [-0.2, -0.15) is 0 Å². The maximum absolute atomic E-state index is 12.2. The SMILES string of the molecule is O=S1(=O)CC[C@@H](N(c2ccccc2)C(c2ccccc2)c2ccccc2)C1. The van der Waals surface area contributed by atoms with Crippen LogP contribution in [0.25, 0.3) is 0 Å². The molecule has 4 rings (SSSR count). The summed E-state index contributed by atoms with van der Waals surface area (Å²) < 4.78 is 24.5. The molecule has 0 aliphatic carbocycles. The Balaban J connectivity index is 1.86. The van der Waals surface area contributed by atoms with Crippen LogP contribution < -0.4 is 4.90 Å². The van der Waals surface area contributed by atoms with E-state index >= 15 is 0 Å². The third-order valence-corrected chi connectivity index (χ3v) is 6.92. The first kappa shape index (κ1) is 17.8. The Labute approximate surface area is 161 Å². The van der Waals surface area contributed by atoms with Crippen molar-refractivity contribution in [2.45, 2.75) is 18.5 Å². The van der Waals surface area contributed by atoms with E-state index in [1.165, 1.54) is 0 Å². The van der Waals surface area contributed by atoms with Gasteiger partial charge in [0.1, 0.15) is 0 Å². The fraction of sp³-hybridized carbons (Fsp3) is 0.217. The van der Waals surface area contributed by atoms with E-state index in [-0.39, 0.29) is 23.6 Å². The Kier molecular flexibility index (Phi) is 4.99. The summed E-state index contributed by atoms with van der Waals surface area (Å²) in [5.41, 5.74) is 3.38. The molecule has 4 heteroatoms. The Hall–Kier alpha value is -2.59. The number of hydrogen-bond donors (Lipinski definition) is 0. The van der Waals surface area contributed by atoms with Crippen LogP contribution in [0.5, 0.6) is 0 Å². The number of benzene rings is 3. The molecule has 0 aromatic heterocycles. The molecule has 0 radical (unpaired) electrons. The van der Waals surface area contributed by atoms with Crippen molar-refractivity contribution in [3.63, 3.8) is 0 Å². The average Bonchev–Trinajstić information content (AvgIpc) is 3.07. The van der Waals surface area contributed by atoms with Gasteiger partial charge >= 0.3 is 0 Å². The molecule has 1 saturated heterocycles. The minimum absolute atomic E-state index is 0.0342. The fourth-order valence-electron chi connectivity index (χ4n) is 3.95. The van der Waals surface area contributed by atoms with Crippen molar-refractivity contribution in [1.82, 2.24) is 0 Å². The highest BCUT2D eigenvalue weighted by molar-refractivity contribution is 7.91. The molecule has 0 amide bonds. The van der Waals surface area contributed by atoms with E-state index in [1.54, 1.807) is 0 Å². The summed E-state index contributed by atoms with van der Waals surface area (Å²) in [5, 5.41) is 0. The zero-order valence-corrected chi connectivity index (χ0v) is 15.9. The number of para-hydroxylation sites is 1. The molecule has 3 aromatic rings. The maximum Gasteiger partial charge on any atom is 0.152 e. The molecule has 138 valence electrons. The Morgan fingerprint density at radius 1 is 0.741 bits per heavy atom. The van der Waals surface area contributed by atoms with E-state index in [9.17, 15) is 8.42 Å². The topological polar surface area (TPSA) is 37.4 Å². The fourth-order valence-corrected chi connectivity index (χ4v) is 5.66. The highest BCUT2D eigenvalue weighted by Crippen LogP contribution is 2.37. The summed E-state index contributed by atoms with van der Waals surface area (Å²) >= 11 is 0. The standard InChI is InChI=1S/C23H23NO2S/c25-27(26)17-16-22(18-27)24(21-14-8-3-9-15-21)23(19-10-4-1-5-11-19)20-12-6-2-7-13-20/h1-15,22-23H,16-18H2/t22-/m1/s1. The number of sulfone groups is 1. The van der Waals surface area contributed by atoms with Gasteiger partial charge in [0, 0.05) is 11.7 Å². The van der Waals surface area contributed by atoms with Crippen molar-refractivity contribution < 1.29 is 8.42 Å². The molecule has 1 heterocycles. The van der Waals surface area contributed by atoms with E-state index in [4.69, 9.17) is 0 Å². The third-order valence-electron chi connectivity index (χ3n) is 5.16. The lowest BCUT2D eigenvalue weighted by Gasteiger charge is -2.39. The second-order valence-electron chi connectivity index (χ2n) is 7.02. The second-order valence-corrected chi connectivity index (χ2v) is 9.25. The van der Waals surface area contributed by atoms with Gasteiger partial charge in [0.2, 0.25) is 0 Å². The van der Waals surface area contributed by atoms with Gasteiger partial charge in [0.25, 0.3) is 0 Å². The van der Waals surface area contributed by atoms with E-state index in [2.05, 4.69) is 41.3 Å². The van der Waals surface area contributed by atoms with Crippen LogP contribution in [0, 0.1) is 0 Å². The Morgan fingerprint density at radius 2 is 1.22 bits per heavy atom. The van der Waals surface area contributed by atoms with Gasteiger partial charge in [0.15, 0.2) is 9.84 Å². The van der Waals surface area contributed by atoms with Crippen molar-refractivity contribution in [3.05, 3.63) is 102 Å². The zero-order chi connectivity index (χ0) is 18.7. The van der Waals surface area contributed by atoms with E-state index in [1.807, 2.05) is 54.6 Å². The molecule has 1 aliphatic rings. The van der Waals surface area contributed by atoms with Crippen LogP contribution in [0.15, 0.2) is 91.0 Å². The summed E-state index contributed by atoms with van der Waals surface area (Å²) in [6, 6.07) is 30.8. The van der Waals surface area contributed by atoms with Gasteiger partial charge in [-0.25, -0.2) is 8.42 Å². The highest BCUT2D eigenvalue weighted by atomic mass is 32.2. The van der Waals surface area contributed by atoms with Gasteiger partial charge in [-0.15, -0.1) is 0 Å². The third kappa shape index (κ3) is 3.91. The average molecular weight is 378 g/mol. The number of nitrogens with zero attached hydrogens (tertiary/aromatic N) is 1. The van der Waals surface area contributed by atoms with Crippen LogP contribution in [0.1, 0.15) is 23.6 Å². The van der Waals surface area contributed by atoms with E-state index in [0.29, 0.717) is 6.42 Å². The van der Waals surface area contributed by atoms with Crippen molar-refractivity contribution in [2.75, 3.05) is 16.4 Å². The second kappa shape index (κ2) is 7.57. The smallest absolute Gasteiger partial charge is 0.152 e. The van der Waals surface area contributed by atoms with Crippen LogP contribution >= 0.6 is 0 Å². The summed E-state index contributed by atoms with van der Waals surface area (Å²) in [5.74, 6) is 0.468. The van der Waals surface area contributed by atoms with Crippen molar-refractivity contribution in [3.8, 4) is 0 Å². The predicted molar refractivity (Wildman–Crippen MR) is 111 cm³/mol. The van der Waals surface area contributed by atoms with Crippen molar-refractivity contribution >= 4 is 15.5 Å². The quantitative estimate of drug-likeness (QED) is 0.658. The summed E-state index contributed by atoms with van der Waals surface area (Å²) in [6.07, 6.45) is 0.660. The molecule has 3 aromatic carbocycles. The number of anilines is 1. The van der Waals surface area contributed by atoms with Gasteiger partial charge in [0.05, 0.1) is 17.5 Å². The van der Waals surface area contributed by atoms with Crippen molar-refractivity contribution in [1.29, 1.82) is 0 Å². The van der Waals surface area contributed by atoms with Crippen LogP contribution in [-0.4, -0.2) is 26.0 Å². The lowest BCUT2D eigenvalue weighted by Crippen LogP contribution is -2.40. The summed E-state index contributed by atoms with van der Waals surface area (Å²) in [7, 11) is -2.99. The monoisotopic (exact) mass is 377 g/mol. The number of rotatable bonds is 5. The first-order chi connectivity index (χ1) is 13.1. The van der Waals surface area contributed by atoms with Crippen LogP contribution in [-0.2, 0) is 9.84 Å². The first-order valence-electron chi connectivity index (χ1n) is 9.28. The lowest BCUT2D eigenvalue weighted by atomic mass is 9.94. The minimum Gasteiger partial charge on any atom is -0.356 e.